The van der Waals surface area contributed by atoms with Gasteiger partial charge in [-0.15, -0.1) is 5.10 Å². The van der Waals surface area contributed by atoms with Crippen LogP contribution in [0.15, 0.2) is 105 Å². The highest BCUT2D eigenvalue weighted by molar-refractivity contribution is 8.18. The smallest absolute Gasteiger partial charge is 0.267 e. The van der Waals surface area contributed by atoms with Crippen molar-refractivity contribution in [3.63, 3.8) is 0 Å². The van der Waals surface area contributed by atoms with Crippen molar-refractivity contribution in [2.24, 2.45) is 10.2 Å². The van der Waals surface area contributed by atoms with Crippen LogP contribution >= 0.6 is 11.8 Å². The maximum absolute atomic E-state index is 13.4. The van der Waals surface area contributed by atoms with Crippen molar-refractivity contribution in [3.05, 3.63) is 112 Å². The van der Waals surface area contributed by atoms with Crippen LogP contribution in [-0.4, -0.2) is 41.5 Å². The molecular formula is C31H27N3O6S. The molecule has 208 valence electrons. The van der Waals surface area contributed by atoms with Crippen LogP contribution in [0.5, 0.6) is 23.0 Å². The van der Waals surface area contributed by atoms with E-state index in [1.165, 1.54) is 30.9 Å². The second kappa shape index (κ2) is 12.9. The van der Waals surface area contributed by atoms with E-state index >= 15 is 0 Å². The number of furan rings is 1. The molecule has 1 aromatic heterocycles. The Labute approximate surface area is 241 Å². The van der Waals surface area contributed by atoms with Crippen LogP contribution < -0.4 is 14.2 Å². The molecular weight excluding hydrogens is 542 g/mol. The summed E-state index contributed by atoms with van der Waals surface area (Å²) in [5.41, 5.74) is 2.49. The Morgan fingerprint density at radius 1 is 0.951 bits per heavy atom. The van der Waals surface area contributed by atoms with Crippen molar-refractivity contribution >= 4 is 35.1 Å². The van der Waals surface area contributed by atoms with Gasteiger partial charge in [0.15, 0.2) is 16.7 Å². The maximum atomic E-state index is 13.4. The fourth-order valence-corrected chi connectivity index (χ4v) is 4.93. The molecule has 4 aromatic rings. The molecule has 0 atom stereocenters. The number of carbonyl (C=O) groups excluding carboxylic acids is 1. The number of phenolic OH excluding ortho intramolecular Hbond substituents is 1. The number of ether oxygens (including phenoxy) is 3. The van der Waals surface area contributed by atoms with Gasteiger partial charge in [-0.1, -0.05) is 42.5 Å². The van der Waals surface area contributed by atoms with Crippen molar-refractivity contribution in [3.8, 4) is 23.0 Å². The number of methoxy groups -OCH3 is 2. The minimum atomic E-state index is -0.261. The number of hydrogen-bond donors (Lipinski definition) is 1. The number of thioether (sulfide) groups is 1. The number of phenols is 1. The van der Waals surface area contributed by atoms with Crippen LogP contribution in [-0.2, 0) is 17.9 Å². The zero-order valence-corrected chi connectivity index (χ0v) is 23.2. The third-order valence-corrected chi connectivity index (χ3v) is 7.04. The van der Waals surface area contributed by atoms with Gasteiger partial charge in [-0.05, 0) is 70.9 Å². The number of amidine groups is 1. The summed E-state index contributed by atoms with van der Waals surface area (Å²) in [5.74, 6) is 1.39. The molecule has 3 aromatic carbocycles. The van der Waals surface area contributed by atoms with Crippen LogP contribution in [0.4, 0.5) is 0 Å². The summed E-state index contributed by atoms with van der Waals surface area (Å²) in [6.07, 6.45) is 4.85. The monoisotopic (exact) mass is 569 g/mol. The third-order valence-electron chi connectivity index (χ3n) is 6.04. The predicted molar refractivity (Wildman–Crippen MR) is 158 cm³/mol. The molecule has 2 heterocycles. The van der Waals surface area contributed by atoms with Crippen molar-refractivity contribution < 1.29 is 28.5 Å². The predicted octanol–water partition coefficient (Wildman–Crippen LogP) is 6.09. The molecule has 10 heteroatoms. The summed E-state index contributed by atoms with van der Waals surface area (Å²) < 4.78 is 21.9. The van der Waals surface area contributed by atoms with E-state index < -0.39 is 0 Å². The van der Waals surface area contributed by atoms with E-state index in [1.807, 2.05) is 54.6 Å². The number of nitrogens with zero attached hydrogens (tertiary/aromatic N) is 3. The molecule has 5 rings (SSSR count). The first-order valence-electron chi connectivity index (χ1n) is 12.6. The van der Waals surface area contributed by atoms with Gasteiger partial charge in [0.2, 0.25) is 5.75 Å². The summed E-state index contributed by atoms with van der Waals surface area (Å²) in [5, 5.41) is 19.3. The molecule has 0 bridgehead atoms. The zero-order chi connectivity index (χ0) is 28.6. The summed E-state index contributed by atoms with van der Waals surface area (Å²) in [7, 11) is 2.89. The Balaban J connectivity index is 1.37. The van der Waals surface area contributed by atoms with Crippen molar-refractivity contribution in [2.45, 2.75) is 13.2 Å². The van der Waals surface area contributed by atoms with E-state index in [2.05, 4.69) is 10.2 Å². The standard InChI is InChI=1S/C31H27N3O6S/c1-37-26-15-23(16-27(38-2)29(26)35)17-28-30(36)34(19-25-12-7-13-39-25)31(41-28)33-32-18-22-10-6-11-24(14-22)40-20-21-8-4-3-5-9-21/h3-18,35H,19-20H2,1-2H3/b28-17-,32-18+,33-31-. The molecule has 1 aliphatic heterocycles. The van der Waals surface area contributed by atoms with E-state index in [0.29, 0.717) is 33.8 Å². The number of hydrogen-bond acceptors (Lipinski definition) is 9. The summed E-state index contributed by atoms with van der Waals surface area (Å²) in [4.78, 5) is 15.3. The first-order chi connectivity index (χ1) is 20.0. The Morgan fingerprint density at radius 2 is 1.73 bits per heavy atom. The second-order valence-electron chi connectivity index (χ2n) is 8.83. The fourth-order valence-electron chi connectivity index (χ4n) is 4.00. The molecule has 9 nitrogen and oxygen atoms in total. The molecule has 1 saturated heterocycles. The number of benzene rings is 3. The molecule has 0 aliphatic carbocycles. The van der Waals surface area contributed by atoms with Gasteiger partial charge in [-0.2, -0.15) is 5.10 Å². The highest BCUT2D eigenvalue weighted by atomic mass is 32.2. The van der Waals surface area contributed by atoms with Gasteiger partial charge < -0.3 is 23.7 Å². The van der Waals surface area contributed by atoms with E-state index in [9.17, 15) is 9.90 Å². The van der Waals surface area contributed by atoms with E-state index in [1.54, 1.807) is 42.8 Å². The van der Waals surface area contributed by atoms with Crippen LogP contribution in [0.1, 0.15) is 22.5 Å². The third kappa shape index (κ3) is 6.79. The number of aromatic hydroxyl groups is 1. The van der Waals surface area contributed by atoms with Crippen LogP contribution in [0, 0.1) is 0 Å². The van der Waals surface area contributed by atoms with Crippen molar-refractivity contribution in [1.82, 2.24) is 4.90 Å². The molecule has 1 fully saturated rings. The summed E-state index contributed by atoms with van der Waals surface area (Å²) >= 11 is 1.18. The molecule has 1 aliphatic rings. The van der Waals surface area contributed by atoms with Gasteiger partial charge in [0, 0.05) is 0 Å². The molecule has 1 amide bonds. The molecule has 41 heavy (non-hydrogen) atoms. The minimum Gasteiger partial charge on any atom is -0.502 e. The van der Waals surface area contributed by atoms with Crippen LogP contribution in [0.3, 0.4) is 0 Å². The minimum absolute atomic E-state index is 0.117. The summed E-state index contributed by atoms with van der Waals surface area (Å²) in [6.45, 7) is 0.647. The highest BCUT2D eigenvalue weighted by Crippen LogP contribution is 2.40. The van der Waals surface area contributed by atoms with Gasteiger partial charge in [-0.3, -0.25) is 9.69 Å². The highest BCUT2D eigenvalue weighted by Gasteiger charge is 2.34. The average molecular weight is 570 g/mol. The Bertz CT molecular complexity index is 1570. The van der Waals surface area contributed by atoms with E-state index in [0.717, 1.165) is 11.1 Å². The van der Waals surface area contributed by atoms with Gasteiger partial charge in [0.25, 0.3) is 5.91 Å². The van der Waals surface area contributed by atoms with Gasteiger partial charge in [0.1, 0.15) is 18.1 Å². The first kappa shape index (κ1) is 27.6. The van der Waals surface area contributed by atoms with Crippen LogP contribution in [0.2, 0.25) is 0 Å². The number of amides is 1. The van der Waals surface area contributed by atoms with Gasteiger partial charge in [-0.25, -0.2) is 0 Å². The molecule has 1 N–H and O–H groups in total. The zero-order valence-electron chi connectivity index (χ0n) is 22.4. The second-order valence-corrected chi connectivity index (χ2v) is 9.84. The maximum Gasteiger partial charge on any atom is 0.267 e. The van der Waals surface area contributed by atoms with Crippen molar-refractivity contribution in [2.75, 3.05) is 14.2 Å². The van der Waals surface area contributed by atoms with Gasteiger partial charge >= 0.3 is 0 Å². The molecule has 0 spiro atoms. The van der Waals surface area contributed by atoms with Crippen molar-refractivity contribution in [1.29, 1.82) is 0 Å². The van der Waals surface area contributed by atoms with E-state index in [-0.39, 0.29) is 29.7 Å². The quantitative estimate of drug-likeness (QED) is 0.140. The Morgan fingerprint density at radius 3 is 2.44 bits per heavy atom. The lowest BCUT2D eigenvalue weighted by Crippen LogP contribution is -2.28. The topological polar surface area (TPSA) is 106 Å². The lowest BCUT2D eigenvalue weighted by molar-refractivity contribution is -0.122. The SMILES string of the molecule is COc1cc(/C=C2\S/C(=N\N=C\c3cccc(OCc4ccccc4)c3)N(Cc3ccco3)C2=O)cc(OC)c1O. The first-order valence-corrected chi connectivity index (χ1v) is 13.4. The average Bonchev–Trinajstić information content (AvgIpc) is 3.62. The normalized spacial score (nSPS) is 15.3. The number of rotatable bonds is 10. The Hall–Kier alpha value is -4.96. The largest absolute Gasteiger partial charge is 0.502 e. The molecule has 0 unspecified atom stereocenters. The molecule has 0 saturated carbocycles. The fraction of sp³-hybridized carbons (Fsp3) is 0.129. The molecule has 0 radical (unpaired) electrons. The van der Waals surface area contributed by atoms with E-state index in [4.69, 9.17) is 18.6 Å². The lowest BCUT2D eigenvalue weighted by Gasteiger charge is -2.12. The lowest BCUT2D eigenvalue weighted by atomic mass is 10.1. The van der Waals surface area contributed by atoms with Crippen LogP contribution in [0.25, 0.3) is 6.08 Å². The Kier molecular flexibility index (Phi) is 8.70. The summed E-state index contributed by atoms with van der Waals surface area (Å²) in [6, 6.07) is 24.2. The van der Waals surface area contributed by atoms with Gasteiger partial charge in [0.05, 0.1) is 38.1 Å². The number of carbonyl (C=O) groups is 1.